The Morgan fingerprint density at radius 3 is 2.33 bits per heavy atom. The summed E-state index contributed by atoms with van der Waals surface area (Å²) in [4.78, 5) is 18.1. The van der Waals surface area contributed by atoms with E-state index in [0.717, 1.165) is 88.1 Å². The molecule has 1 aliphatic carbocycles. The molecule has 7 heteroatoms. The first-order valence-corrected chi connectivity index (χ1v) is 15.2. The summed E-state index contributed by atoms with van der Waals surface area (Å²) < 4.78 is 38.9. The maximum absolute atomic E-state index is 13.4. The van der Waals surface area contributed by atoms with Crippen LogP contribution < -0.4 is 0 Å². The lowest BCUT2D eigenvalue weighted by atomic mass is 9.88. The Morgan fingerprint density at radius 1 is 0.907 bits per heavy atom. The molecule has 0 aromatic heterocycles. The summed E-state index contributed by atoms with van der Waals surface area (Å²) in [6.07, 6.45) is 1.14. The van der Waals surface area contributed by atoms with E-state index < -0.39 is 11.7 Å². The van der Waals surface area contributed by atoms with E-state index in [2.05, 4.69) is 28.0 Å². The quantitative estimate of drug-likeness (QED) is 0.261. The second-order valence-corrected chi connectivity index (χ2v) is 12.3. The Balaban J connectivity index is 1.02. The third-order valence-corrected chi connectivity index (χ3v) is 9.37. The fraction of sp³-hybridized carbons (Fsp3) is 0.389. The zero-order valence-electron chi connectivity index (χ0n) is 24.3. The van der Waals surface area contributed by atoms with Crippen LogP contribution in [0.1, 0.15) is 69.4 Å². The summed E-state index contributed by atoms with van der Waals surface area (Å²) in [6.45, 7) is 5.24. The van der Waals surface area contributed by atoms with Crippen LogP contribution in [0.2, 0.25) is 0 Å². The maximum atomic E-state index is 13.4. The first kappa shape index (κ1) is 29.3. The van der Waals surface area contributed by atoms with Crippen molar-refractivity contribution in [3.05, 3.63) is 111 Å². The van der Waals surface area contributed by atoms with E-state index in [1.807, 2.05) is 30.3 Å². The SMILES string of the molecule is N#Cc1ccc(CCN2CCC(CC(=O)c3ccc4c(c3)C3=C(CCN(Cc5ccc(C(F)(F)F)cc5)C3)C4)CC2)cc1. The summed E-state index contributed by atoms with van der Waals surface area (Å²) >= 11 is 0. The number of rotatable bonds is 8. The van der Waals surface area contributed by atoms with Gasteiger partial charge in [0.1, 0.15) is 0 Å². The van der Waals surface area contributed by atoms with Gasteiger partial charge in [-0.1, -0.05) is 42.0 Å². The molecule has 222 valence electrons. The van der Waals surface area contributed by atoms with Gasteiger partial charge in [-0.05, 0) is 109 Å². The van der Waals surface area contributed by atoms with Gasteiger partial charge in [0.05, 0.1) is 17.2 Å². The number of fused-ring (bicyclic) bond motifs is 2. The van der Waals surface area contributed by atoms with Crippen molar-refractivity contribution in [1.29, 1.82) is 5.26 Å². The normalized spacial score (nSPS) is 17.9. The van der Waals surface area contributed by atoms with Crippen molar-refractivity contribution in [2.45, 2.75) is 51.2 Å². The highest BCUT2D eigenvalue weighted by Gasteiger charge is 2.31. The average Bonchev–Trinajstić information content (AvgIpc) is 3.38. The third-order valence-electron chi connectivity index (χ3n) is 9.37. The molecule has 0 saturated carbocycles. The highest BCUT2D eigenvalue weighted by atomic mass is 19.4. The number of nitrogens with zero attached hydrogens (tertiary/aromatic N) is 3. The van der Waals surface area contributed by atoms with Gasteiger partial charge >= 0.3 is 6.18 Å². The molecule has 0 bridgehead atoms. The molecule has 1 saturated heterocycles. The average molecular weight is 584 g/mol. The van der Waals surface area contributed by atoms with Gasteiger partial charge in [-0.15, -0.1) is 0 Å². The largest absolute Gasteiger partial charge is 0.416 e. The Hall–Kier alpha value is -3.73. The first-order valence-electron chi connectivity index (χ1n) is 15.2. The van der Waals surface area contributed by atoms with E-state index in [0.29, 0.717) is 24.4 Å². The molecule has 6 rings (SSSR count). The van der Waals surface area contributed by atoms with Crippen LogP contribution in [-0.2, 0) is 25.6 Å². The van der Waals surface area contributed by atoms with Crippen molar-refractivity contribution in [1.82, 2.24) is 9.80 Å². The molecule has 2 heterocycles. The molecule has 2 aliphatic heterocycles. The van der Waals surface area contributed by atoms with Crippen LogP contribution in [0.4, 0.5) is 13.2 Å². The van der Waals surface area contributed by atoms with Crippen LogP contribution in [0.25, 0.3) is 5.57 Å². The van der Waals surface area contributed by atoms with Gasteiger partial charge in [-0.3, -0.25) is 9.69 Å². The molecular formula is C36H36F3N3O. The highest BCUT2D eigenvalue weighted by molar-refractivity contribution is 5.97. The molecule has 0 radical (unpaired) electrons. The van der Waals surface area contributed by atoms with Crippen LogP contribution in [0.5, 0.6) is 0 Å². The van der Waals surface area contributed by atoms with E-state index >= 15 is 0 Å². The third kappa shape index (κ3) is 6.92. The number of likely N-dealkylation sites (tertiary alicyclic amines) is 1. The number of carbonyl (C=O) groups is 1. The molecule has 0 N–H and O–H groups in total. The van der Waals surface area contributed by atoms with Gasteiger partial charge in [0.25, 0.3) is 0 Å². The molecule has 0 amide bonds. The summed E-state index contributed by atoms with van der Waals surface area (Å²) in [7, 11) is 0. The first-order chi connectivity index (χ1) is 20.7. The minimum atomic E-state index is -4.32. The van der Waals surface area contributed by atoms with Gasteiger partial charge in [0.2, 0.25) is 0 Å². The number of nitriles is 1. The van der Waals surface area contributed by atoms with E-state index in [1.54, 1.807) is 12.1 Å². The number of hydrogen-bond donors (Lipinski definition) is 0. The zero-order chi connectivity index (χ0) is 30.0. The fourth-order valence-corrected chi connectivity index (χ4v) is 6.76. The van der Waals surface area contributed by atoms with Gasteiger partial charge < -0.3 is 4.90 Å². The zero-order valence-corrected chi connectivity index (χ0v) is 24.3. The summed E-state index contributed by atoms with van der Waals surface area (Å²) in [5.41, 5.74) is 8.14. The van der Waals surface area contributed by atoms with Gasteiger partial charge in [-0.25, -0.2) is 0 Å². The van der Waals surface area contributed by atoms with Crippen LogP contribution in [-0.4, -0.2) is 48.3 Å². The number of Topliss-reactive ketones (excluding diaryl/α,β-unsaturated/α-hetero) is 1. The summed E-state index contributed by atoms with van der Waals surface area (Å²) in [6, 6.07) is 21.6. The van der Waals surface area contributed by atoms with Gasteiger partial charge in [0, 0.05) is 38.2 Å². The number of benzene rings is 3. The van der Waals surface area contributed by atoms with E-state index in [9.17, 15) is 18.0 Å². The standard InChI is InChI=1S/C36H36F3N3O/c37-36(38,39)32-9-5-28(6-10-32)23-42-18-14-30-20-29-7-8-31(21-33(29)34(30)24-42)35(43)19-26-12-16-41(17-13-26)15-11-25-1-3-27(22-40)4-2-25/h1-10,21,26H,11-20,23-24H2. The number of ketones is 1. The minimum Gasteiger partial charge on any atom is -0.303 e. The number of carbonyl (C=O) groups excluding carboxylic acids is 1. The molecular weight excluding hydrogens is 547 g/mol. The van der Waals surface area contributed by atoms with Gasteiger partial charge in [0.15, 0.2) is 5.78 Å². The Kier molecular flexibility index (Phi) is 8.52. The smallest absolute Gasteiger partial charge is 0.303 e. The predicted molar refractivity (Wildman–Crippen MR) is 161 cm³/mol. The lowest BCUT2D eigenvalue weighted by molar-refractivity contribution is -0.137. The highest BCUT2D eigenvalue weighted by Crippen LogP contribution is 2.39. The molecule has 3 aromatic carbocycles. The number of piperidine rings is 1. The van der Waals surface area contributed by atoms with Crippen LogP contribution in [0.3, 0.4) is 0 Å². The van der Waals surface area contributed by atoms with Crippen molar-refractivity contribution >= 4 is 11.4 Å². The fourth-order valence-electron chi connectivity index (χ4n) is 6.76. The molecule has 3 aromatic rings. The minimum absolute atomic E-state index is 0.213. The van der Waals surface area contributed by atoms with Crippen molar-refractivity contribution in [3.63, 3.8) is 0 Å². The molecule has 0 unspecified atom stereocenters. The topological polar surface area (TPSA) is 47.3 Å². The molecule has 0 spiro atoms. The van der Waals surface area contributed by atoms with Crippen LogP contribution in [0, 0.1) is 17.2 Å². The molecule has 0 atom stereocenters. The van der Waals surface area contributed by atoms with Gasteiger partial charge in [-0.2, -0.15) is 18.4 Å². The molecule has 3 aliphatic rings. The number of alkyl halides is 3. The predicted octanol–water partition coefficient (Wildman–Crippen LogP) is 7.32. The van der Waals surface area contributed by atoms with E-state index in [1.165, 1.54) is 27.8 Å². The van der Waals surface area contributed by atoms with Crippen molar-refractivity contribution in [2.24, 2.45) is 5.92 Å². The second-order valence-electron chi connectivity index (χ2n) is 12.3. The monoisotopic (exact) mass is 583 g/mol. The Bertz CT molecular complexity index is 1540. The lowest BCUT2D eigenvalue weighted by Gasteiger charge is -2.31. The number of halogens is 3. The second kappa shape index (κ2) is 12.5. The van der Waals surface area contributed by atoms with Crippen LogP contribution in [0.15, 0.2) is 72.3 Å². The molecule has 4 nitrogen and oxygen atoms in total. The number of hydrogen-bond acceptors (Lipinski definition) is 4. The maximum Gasteiger partial charge on any atom is 0.416 e. The van der Waals surface area contributed by atoms with E-state index in [4.69, 9.17) is 5.26 Å². The lowest BCUT2D eigenvalue weighted by Crippen LogP contribution is -2.35. The molecule has 43 heavy (non-hydrogen) atoms. The Morgan fingerprint density at radius 2 is 1.63 bits per heavy atom. The molecule has 1 fully saturated rings. The van der Waals surface area contributed by atoms with Crippen molar-refractivity contribution in [2.75, 3.05) is 32.7 Å². The van der Waals surface area contributed by atoms with E-state index in [-0.39, 0.29) is 5.78 Å². The Labute approximate surface area is 251 Å². The summed E-state index contributed by atoms with van der Waals surface area (Å²) in [5.74, 6) is 0.612. The van der Waals surface area contributed by atoms with Crippen molar-refractivity contribution < 1.29 is 18.0 Å². The summed E-state index contributed by atoms with van der Waals surface area (Å²) in [5, 5.41) is 8.98. The van der Waals surface area contributed by atoms with Crippen molar-refractivity contribution in [3.8, 4) is 6.07 Å². The van der Waals surface area contributed by atoms with Crippen LogP contribution >= 0.6 is 0 Å².